The molecule has 2 amide bonds. The Labute approximate surface area is 283 Å². The quantitative estimate of drug-likeness (QED) is 0.309. The van der Waals surface area contributed by atoms with Gasteiger partial charge < -0.3 is 24.8 Å². The summed E-state index contributed by atoms with van der Waals surface area (Å²) in [6.07, 6.45) is 2.51. The van der Waals surface area contributed by atoms with Crippen molar-refractivity contribution in [1.29, 1.82) is 0 Å². The lowest BCUT2D eigenvalue weighted by atomic mass is 9.88. The molecule has 48 heavy (non-hydrogen) atoms. The van der Waals surface area contributed by atoms with Crippen molar-refractivity contribution in [2.75, 3.05) is 38.7 Å². The Hall–Kier alpha value is -3.15. The molecule has 0 radical (unpaired) electrons. The maximum Gasteiger partial charge on any atom is 0.416 e. The van der Waals surface area contributed by atoms with E-state index in [1.807, 2.05) is 25.8 Å². The van der Waals surface area contributed by atoms with Crippen LogP contribution in [0, 0.1) is 11.8 Å². The average molecular weight is 676 g/mol. The minimum Gasteiger partial charge on any atom is -0.490 e. The molecule has 1 fully saturated rings. The number of halogens is 3. The highest BCUT2D eigenvalue weighted by molar-refractivity contribution is 6.00. The highest BCUT2D eigenvalue weighted by atomic mass is 19.4. The monoisotopic (exact) mass is 675 g/mol. The Morgan fingerprint density at radius 3 is 2.40 bits per heavy atom. The topological polar surface area (TPSA) is 91.3 Å². The second kappa shape index (κ2) is 17.5. The van der Waals surface area contributed by atoms with Crippen LogP contribution in [-0.2, 0) is 22.3 Å². The van der Waals surface area contributed by atoms with E-state index in [9.17, 15) is 27.9 Å². The number of anilines is 1. The van der Waals surface area contributed by atoms with E-state index in [0.29, 0.717) is 36.7 Å². The van der Waals surface area contributed by atoms with Gasteiger partial charge in [-0.15, -0.1) is 0 Å². The second-order valence-corrected chi connectivity index (χ2v) is 13.7. The number of fused-ring (bicyclic) bond motifs is 1. The summed E-state index contributed by atoms with van der Waals surface area (Å²) in [6, 6.07) is 9.88. The standard InChI is InChI=1S/C37H52F3N3O5/c1-25-21-43(26(2)24-44)36(46)32-20-31(41-35(45)29-11-6-5-7-12-29)17-18-33(32)48-27(3)10-8-9-19-47-34(25)23-42(4)22-28-13-15-30(16-14-28)37(38,39)40/h13-18,20,25-27,29,34,44H,5-12,19,21-24H2,1-4H3,(H,41,45)/t25-,26+,27-,34-/m1/s1. The van der Waals surface area contributed by atoms with Crippen LogP contribution >= 0.6 is 0 Å². The molecule has 1 aliphatic heterocycles. The number of carbonyl (C=O) groups is 2. The zero-order valence-electron chi connectivity index (χ0n) is 28.7. The molecule has 0 unspecified atom stereocenters. The van der Waals surface area contributed by atoms with Gasteiger partial charge >= 0.3 is 6.18 Å². The molecule has 4 atom stereocenters. The highest BCUT2D eigenvalue weighted by Gasteiger charge is 2.32. The third-order valence-corrected chi connectivity index (χ3v) is 9.52. The molecule has 266 valence electrons. The number of nitrogens with zero attached hydrogens (tertiary/aromatic N) is 2. The molecule has 2 aliphatic rings. The van der Waals surface area contributed by atoms with Gasteiger partial charge in [-0.25, -0.2) is 0 Å². The molecule has 2 aromatic carbocycles. The summed E-state index contributed by atoms with van der Waals surface area (Å²) in [5.74, 6) is -0.105. The van der Waals surface area contributed by atoms with Gasteiger partial charge in [0.25, 0.3) is 5.91 Å². The van der Waals surface area contributed by atoms with E-state index in [1.54, 1.807) is 30.0 Å². The van der Waals surface area contributed by atoms with Crippen LogP contribution in [0.15, 0.2) is 42.5 Å². The first kappa shape index (κ1) is 37.7. The number of rotatable bonds is 8. The molecule has 1 heterocycles. The zero-order chi connectivity index (χ0) is 34.8. The lowest BCUT2D eigenvalue weighted by molar-refractivity contribution is -0.137. The molecule has 8 nitrogen and oxygen atoms in total. The van der Waals surface area contributed by atoms with Crippen molar-refractivity contribution in [3.05, 3.63) is 59.2 Å². The van der Waals surface area contributed by atoms with E-state index in [2.05, 4.69) is 5.32 Å². The van der Waals surface area contributed by atoms with E-state index < -0.39 is 17.8 Å². The molecule has 1 saturated carbocycles. The number of hydrogen-bond donors (Lipinski definition) is 2. The van der Waals surface area contributed by atoms with Crippen molar-refractivity contribution in [2.24, 2.45) is 11.8 Å². The number of aliphatic hydroxyl groups excluding tert-OH is 1. The molecule has 0 spiro atoms. The van der Waals surface area contributed by atoms with Crippen LogP contribution in [0.2, 0.25) is 0 Å². The number of carbonyl (C=O) groups excluding carboxylic acids is 2. The van der Waals surface area contributed by atoms with Crippen molar-refractivity contribution >= 4 is 17.5 Å². The Bertz CT molecular complexity index is 1330. The summed E-state index contributed by atoms with van der Waals surface area (Å²) in [6.45, 7) is 7.24. The maximum absolute atomic E-state index is 14.4. The minimum atomic E-state index is -4.39. The van der Waals surface area contributed by atoms with Crippen LogP contribution in [0.3, 0.4) is 0 Å². The van der Waals surface area contributed by atoms with Crippen molar-refractivity contribution in [2.45, 2.75) is 103 Å². The van der Waals surface area contributed by atoms with Gasteiger partial charge in [0, 0.05) is 43.8 Å². The minimum absolute atomic E-state index is 0.0353. The summed E-state index contributed by atoms with van der Waals surface area (Å²) in [5, 5.41) is 13.3. The van der Waals surface area contributed by atoms with Gasteiger partial charge in [0.1, 0.15) is 5.75 Å². The van der Waals surface area contributed by atoms with E-state index >= 15 is 0 Å². The lowest BCUT2D eigenvalue weighted by Gasteiger charge is -2.36. The SMILES string of the molecule is C[C@@H]1CCCCO[C@H](CN(C)Cc2ccc(C(F)(F)F)cc2)[C@H](C)CN([C@@H](C)CO)C(=O)c2cc(NC(=O)C3CCCCC3)ccc2O1. The molecule has 0 aromatic heterocycles. The van der Waals surface area contributed by atoms with E-state index in [0.717, 1.165) is 69.1 Å². The Kier molecular flexibility index (Phi) is 13.7. The summed E-state index contributed by atoms with van der Waals surface area (Å²) >= 11 is 0. The van der Waals surface area contributed by atoms with Crippen LogP contribution < -0.4 is 10.1 Å². The maximum atomic E-state index is 14.4. The third-order valence-electron chi connectivity index (χ3n) is 9.52. The number of aliphatic hydroxyl groups is 1. The van der Waals surface area contributed by atoms with Crippen molar-refractivity contribution < 1.29 is 37.3 Å². The molecular weight excluding hydrogens is 623 g/mol. The Morgan fingerprint density at radius 2 is 1.73 bits per heavy atom. The summed E-state index contributed by atoms with van der Waals surface area (Å²) in [5.41, 5.74) is 0.928. The van der Waals surface area contributed by atoms with Gasteiger partial charge in [0.15, 0.2) is 0 Å². The fourth-order valence-corrected chi connectivity index (χ4v) is 6.55. The molecule has 0 bridgehead atoms. The van der Waals surface area contributed by atoms with E-state index in [4.69, 9.17) is 9.47 Å². The van der Waals surface area contributed by atoms with Crippen molar-refractivity contribution in [3.8, 4) is 5.75 Å². The fourth-order valence-electron chi connectivity index (χ4n) is 6.55. The first-order valence-corrected chi connectivity index (χ1v) is 17.3. The number of amides is 2. The predicted octanol–water partition coefficient (Wildman–Crippen LogP) is 7.15. The number of likely N-dealkylation sites (N-methyl/N-ethyl adjacent to an activating group) is 1. The Balaban J connectivity index is 1.56. The normalized spacial score (nSPS) is 22.8. The lowest BCUT2D eigenvalue weighted by Crippen LogP contribution is -2.47. The molecule has 2 aromatic rings. The molecule has 4 rings (SSSR count). The van der Waals surface area contributed by atoms with Crippen LogP contribution in [-0.4, -0.2) is 78.3 Å². The van der Waals surface area contributed by atoms with Crippen LogP contribution in [0.4, 0.5) is 18.9 Å². The van der Waals surface area contributed by atoms with Gasteiger partial charge in [-0.1, -0.05) is 38.3 Å². The fraction of sp³-hybridized carbons (Fsp3) is 0.622. The van der Waals surface area contributed by atoms with Gasteiger partial charge in [-0.2, -0.15) is 13.2 Å². The first-order valence-electron chi connectivity index (χ1n) is 17.3. The average Bonchev–Trinajstić information content (AvgIpc) is 3.06. The number of hydrogen-bond acceptors (Lipinski definition) is 6. The first-order chi connectivity index (χ1) is 22.8. The number of benzene rings is 2. The summed E-state index contributed by atoms with van der Waals surface area (Å²) < 4.78 is 51.9. The molecular formula is C37H52F3N3O5. The molecule has 0 saturated heterocycles. The van der Waals surface area contributed by atoms with E-state index in [-0.39, 0.29) is 49.0 Å². The highest BCUT2D eigenvalue weighted by Crippen LogP contribution is 2.31. The third kappa shape index (κ3) is 10.7. The zero-order valence-corrected chi connectivity index (χ0v) is 28.7. The second-order valence-electron chi connectivity index (χ2n) is 13.7. The number of alkyl halides is 3. The molecule has 11 heteroatoms. The van der Waals surface area contributed by atoms with Crippen molar-refractivity contribution in [3.63, 3.8) is 0 Å². The Morgan fingerprint density at radius 1 is 1.04 bits per heavy atom. The van der Waals surface area contributed by atoms with Crippen molar-refractivity contribution in [1.82, 2.24) is 9.80 Å². The molecule has 2 N–H and O–H groups in total. The predicted molar refractivity (Wildman–Crippen MR) is 180 cm³/mol. The van der Waals surface area contributed by atoms with Gasteiger partial charge in [0.2, 0.25) is 5.91 Å². The van der Waals surface area contributed by atoms with Crippen LogP contribution in [0.25, 0.3) is 0 Å². The number of ether oxygens (including phenoxy) is 2. The van der Waals surface area contributed by atoms with E-state index in [1.165, 1.54) is 12.1 Å². The van der Waals surface area contributed by atoms with Gasteiger partial charge in [0.05, 0.1) is 36.0 Å². The van der Waals surface area contributed by atoms with Crippen LogP contribution in [0.5, 0.6) is 5.75 Å². The summed E-state index contributed by atoms with van der Waals surface area (Å²) in [4.78, 5) is 31.1. The van der Waals surface area contributed by atoms with Gasteiger partial charge in [-0.05, 0) is 88.9 Å². The summed E-state index contributed by atoms with van der Waals surface area (Å²) in [7, 11) is 1.90. The van der Waals surface area contributed by atoms with Gasteiger partial charge in [-0.3, -0.25) is 14.5 Å². The molecule has 1 aliphatic carbocycles. The van der Waals surface area contributed by atoms with Crippen LogP contribution in [0.1, 0.15) is 93.6 Å². The largest absolute Gasteiger partial charge is 0.490 e. The smallest absolute Gasteiger partial charge is 0.416 e. The number of nitrogens with one attached hydrogen (secondary N) is 1.